The Morgan fingerprint density at radius 1 is 1.39 bits per heavy atom. The van der Waals surface area contributed by atoms with Crippen LogP contribution in [0.15, 0.2) is 24.3 Å². The van der Waals surface area contributed by atoms with E-state index in [0.29, 0.717) is 17.6 Å². The number of ketones is 1. The highest BCUT2D eigenvalue weighted by atomic mass is 16.1. The van der Waals surface area contributed by atoms with Gasteiger partial charge in [0.1, 0.15) is 5.78 Å². The topological polar surface area (TPSA) is 17.1 Å². The first kappa shape index (κ1) is 18.5. The zero-order valence-electron chi connectivity index (χ0n) is 15.6. The summed E-state index contributed by atoms with van der Waals surface area (Å²) in [6.07, 6.45) is 16.8. The molecule has 0 aromatic carbocycles. The van der Waals surface area contributed by atoms with Crippen LogP contribution in [0.5, 0.6) is 0 Å². The molecule has 0 aromatic heterocycles. The van der Waals surface area contributed by atoms with Crippen molar-refractivity contribution in [3.05, 3.63) is 24.3 Å². The Balaban J connectivity index is 0.000000229. The van der Waals surface area contributed by atoms with Gasteiger partial charge in [-0.15, -0.1) is 6.58 Å². The minimum Gasteiger partial charge on any atom is -0.299 e. The molecule has 23 heavy (non-hydrogen) atoms. The Hall–Kier alpha value is -0.850. The Bertz CT molecular complexity index is 447. The predicted molar refractivity (Wildman–Crippen MR) is 99.4 cm³/mol. The van der Waals surface area contributed by atoms with Gasteiger partial charge in [-0.1, -0.05) is 63.7 Å². The highest BCUT2D eigenvalue weighted by Crippen LogP contribution is 2.51. The van der Waals surface area contributed by atoms with Gasteiger partial charge >= 0.3 is 0 Å². The van der Waals surface area contributed by atoms with E-state index in [1.54, 1.807) is 0 Å². The number of hydrogen-bond acceptors (Lipinski definition) is 1. The Morgan fingerprint density at radius 2 is 2.17 bits per heavy atom. The number of Topliss-reactive ketones (excluding diaryl/α,β-unsaturated/α-hetero) is 1. The summed E-state index contributed by atoms with van der Waals surface area (Å²) in [5.74, 6) is 2.53. The summed E-state index contributed by atoms with van der Waals surface area (Å²) >= 11 is 0. The number of carbonyl (C=O) groups is 1. The van der Waals surface area contributed by atoms with E-state index >= 15 is 0 Å². The summed E-state index contributed by atoms with van der Waals surface area (Å²) in [4.78, 5) is 12.5. The fourth-order valence-corrected chi connectivity index (χ4v) is 4.88. The van der Waals surface area contributed by atoms with Crippen LogP contribution in [-0.2, 0) is 4.79 Å². The smallest absolute Gasteiger partial charge is 0.141 e. The molecule has 2 bridgehead atoms. The second kappa shape index (κ2) is 8.31. The van der Waals surface area contributed by atoms with Crippen molar-refractivity contribution in [3.63, 3.8) is 0 Å². The highest BCUT2D eigenvalue weighted by molar-refractivity contribution is 5.87. The molecule has 4 atom stereocenters. The van der Waals surface area contributed by atoms with Crippen LogP contribution in [0.3, 0.4) is 0 Å². The third kappa shape index (κ3) is 4.37. The minimum absolute atomic E-state index is 0.121. The van der Waals surface area contributed by atoms with Crippen LogP contribution >= 0.6 is 0 Å². The first-order chi connectivity index (χ1) is 11.0. The van der Waals surface area contributed by atoms with Crippen LogP contribution < -0.4 is 0 Å². The Kier molecular flexibility index (Phi) is 6.68. The van der Waals surface area contributed by atoms with Gasteiger partial charge in [0.25, 0.3) is 0 Å². The van der Waals surface area contributed by atoms with Crippen LogP contribution in [0.25, 0.3) is 0 Å². The Labute approximate surface area is 143 Å². The average molecular weight is 317 g/mol. The fourth-order valence-electron chi connectivity index (χ4n) is 4.88. The van der Waals surface area contributed by atoms with Crippen molar-refractivity contribution in [2.24, 2.45) is 23.2 Å². The van der Waals surface area contributed by atoms with E-state index in [1.807, 2.05) is 6.08 Å². The molecule has 1 heteroatoms. The molecule has 2 saturated carbocycles. The van der Waals surface area contributed by atoms with Crippen molar-refractivity contribution in [1.82, 2.24) is 0 Å². The van der Waals surface area contributed by atoms with Crippen LogP contribution in [0.1, 0.15) is 85.0 Å². The van der Waals surface area contributed by atoms with Crippen LogP contribution in [0.2, 0.25) is 0 Å². The Morgan fingerprint density at radius 3 is 2.70 bits per heavy atom. The lowest BCUT2D eigenvalue weighted by molar-refractivity contribution is -0.141. The van der Waals surface area contributed by atoms with Gasteiger partial charge in [0.15, 0.2) is 0 Å². The third-order valence-electron chi connectivity index (χ3n) is 6.43. The van der Waals surface area contributed by atoms with Crippen molar-refractivity contribution in [2.75, 3.05) is 0 Å². The van der Waals surface area contributed by atoms with E-state index in [9.17, 15) is 4.79 Å². The minimum atomic E-state index is 0.121. The molecule has 0 radical (unpaired) electrons. The number of unbranched alkanes of at least 4 members (excludes halogenated alkanes) is 2. The average Bonchev–Trinajstić information content (AvgIpc) is 2.53. The van der Waals surface area contributed by atoms with Gasteiger partial charge in [0.05, 0.1) is 0 Å². The molecule has 0 N–H and O–H groups in total. The van der Waals surface area contributed by atoms with Gasteiger partial charge < -0.3 is 0 Å². The van der Waals surface area contributed by atoms with Crippen LogP contribution in [0, 0.1) is 23.2 Å². The number of carbonyl (C=O) groups excluding carboxylic acids is 1. The molecule has 0 spiro atoms. The summed E-state index contributed by atoms with van der Waals surface area (Å²) in [6.45, 7) is 10.2. The molecule has 3 aliphatic rings. The highest BCUT2D eigenvalue weighted by Gasteiger charge is 2.47. The maximum absolute atomic E-state index is 12.5. The molecule has 1 nitrogen and oxygen atoms in total. The molecular weight excluding hydrogens is 280 g/mol. The van der Waals surface area contributed by atoms with Crippen LogP contribution in [-0.4, -0.2) is 5.78 Å². The maximum atomic E-state index is 12.5. The van der Waals surface area contributed by atoms with E-state index in [4.69, 9.17) is 0 Å². The SMILES string of the molecule is C=CC1CC=C1C.CCCCCC12CCCC(CC(C)C1=O)C2. The van der Waals surface area contributed by atoms with Crippen molar-refractivity contribution in [1.29, 1.82) is 0 Å². The van der Waals surface area contributed by atoms with E-state index in [-0.39, 0.29) is 5.41 Å². The van der Waals surface area contributed by atoms with E-state index < -0.39 is 0 Å². The van der Waals surface area contributed by atoms with Crippen molar-refractivity contribution in [2.45, 2.75) is 85.0 Å². The molecule has 4 unspecified atom stereocenters. The molecule has 130 valence electrons. The molecule has 0 saturated heterocycles. The van der Waals surface area contributed by atoms with Crippen molar-refractivity contribution >= 4 is 5.78 Å². The van der Waals surface area contributed by atoms with E-state index in [1.165, 1.54) is 69.8 Å². The molecule has 0 aliphatic heterocycles. The van der Waals surface area contributed by atoms with Gasteiger partial charge in [0.2, 0.25) is 0 Å². The summed E-state index contributed by atoms with van der Waals surface area (Å²) in [6, 6.07) is 0. The first-order valence-electron chi connectivity index (χ1n) is 9.86. The number of hydrogen-bond donors (Lipinski definition) is 0. The summed E-state index contributed by atoms with van der Waals surface area (Å²) in [5.41, 5.74) is 1.60. The van der Waals surface area contributed by atoms with Crippen LogP contribution in [0.4, 0.5) is 0 Å². The van der Waals surface area contributed by atoms with Crippen molar-refractivity contribution in [3.8, 4) is 0 Å². The monoisotopic (exact) mass is 316 g/mol. The van der Waals surface area contributed by atoms with Gasteiger partial charge in [-0.25, -0.2) is 0 Å². The molecule has 0 aromatic rings. The first-order valence-corrected chi connectivity index (χ1v) is 9.86. The standard InChI is InChI=1S/C15H26O.C7H10/c1-3-4-5-8-15-9-6-7-13(11-15)10-12(2)14(15)16;1-3-7-5-4-6(7)2/h12-13H,3-11H2,1-2H3;3-4,7H,1,5H2,2H3. The number of allylic oxidation sites excluding steroid dienone is 3. The lowest BCUT2D eigenvalue weighted by atomic mass is 9.57. The van der Waals surface area contributed by atoms with Gasteiger partial charge in [-0.05, 0) is 44.9 Å². The summed E-state index contributed by atoms with van der Waals surface area (Å²) in [7, 11) is 0. The largest absolute Gasteiger partial charge is 0.299 e. The maximum Gasteiger partial charge on any atom is 0.141 e. The molecule has 2 fully saturated rings. The van der Waals surface area contributed by atoms with Crippen molar-refractivity contribution < 1.29 is 4.79 Å². The van der Waals surface area contributed by atoms with Gasteiger partial charge in [-0.2, -0.15) is 0 Å². The van der Waals surface area contributed by atoms with E-state index in [2.05, 4.69) is 33.4 Å². The zero-order chi connectivity index (χ0) is 16.9. The number of rotatable bonds is 5. The molecule has 3 aliphatic carbocycles. The normalized spacial score (nSPS) is 35.5. The molecule has 0 amide bonds. The second-order valence-corrected chi connectivity index (χ2v) is 8.23. The third-order valence-corrected chi connectivity index (χ3v) is 6.43. The quantitative estimate of drug-likeness (QED) is 0.418. The van der Waals surface area contributed by atoms with Gasteiger partial charge in [-0.3, -0.25) is 4.79 Å². The van der Waals surface area contributed by atoms with E-state index in [0.717, 1.165) is 5.92 Å². The lowest BCUT2D eigenvalue weighted by Crippen LogP contribution is -2.44. The number of fused-ring (bicyclic) bond motifs is 2. The van der Waals surface area contributed by atoms with Gasteiger partial charge in [0, 0.05) is 17.3 Å². The zero-order valence-corrected chi connectivity index (χ0v) is 15.6. The molecular formula is C22H36O. The molecule has 3 rings (SSSR count). The summed E-state index contributed by atoms with van der Waals surface area (Å²) in [5, 5.41) is 0. The summed E-state index contributed by atoms with van der Waals surface area (Å²) < 4.78 is 0. The molecule has 0 heterocycles. The second-order valence-electron chi connectivity index (χ2n) is 8.23. The fraction of sp³-hybridized carbons (Fsp3) is 0.773. The lowest BCUT2D eigenvalue weighted by Gasteiger charge is -2.46. The predicted octanol–water partition coefficient (Wildman–Crippen LogP) is 6.49.